The van der Waals surface area contributed by atoms with E-state index >= 15 is 0 Å². The summed E-state index contributed by atoms with van der Waals surface area (Å²) in [6.45, 7) is 1.58. The normalized spacial score (nSPS) is 33.5. The van der Waals surface area contributed by atoms with Crippen molar-refractivity contribution in [3.63, 3.8) is 0 Å². The molecule has 0 aromatic carbocycles. The largest absolute Gasteiger partial charge is 0.673 e. The topological polar surface area (TPSA) is 27.7 Å². The average molecular weight is 329 g/mol. The number of hydrogen-bond acceptors (Lipinski definition) is 3. The fourth-order valence-corrected chi connectivity index (χ4v) is 3.52. The van der Waals surface area contributed by atoms with Crippen LogP contribution in [0.5, 0.6) is 0 Å². The van der Waals surface area contributed by atoms with E-state index in [2.05, 4.69) is 14.1 Å². The van der Waals surface area contributed by atoms with Gasteiger partial charge in [0.1, 0.15) is 18.8 Å². The molecule has 3 aliphatic rings. The Balaban J connectivity index is 0.000000309. The van der Waals surface area contributed by atoms with Crippen LogP contribution in [0.15, 0.2) is 0 Å². The molecule has 2 saturated heterocycles. The third-order valence-corrected chi connectivity index (χ3v) is 4.56. The van der Waals surface area contributed by atoms with Gasteiger partial charge in [-0.05, 0) is 12.8 Å². The van der Waals surface area contributed by atoms with Crippen LogP contribution >= 0.6 is 0 Å². The number of nitrogens with zero attached hydrogens (tertiary/aromatic N) is 1. The van der Waals surface area contributed by atoms with Gasteiger partial charge in [0.25, 0.3) is 0 Å². The summed E-state index contributed by atoms with van der Waals surface area (Å²) in [6, 6.07) is 0.427. The molecule has 3 fully saturated rings. The van der Waals surface area contributed by atoms with Crippen LogP contribution in [0.1, 0.15) is 38.5 Å². The van der Waals surface area contributed by atoms with Crippen molar-refractivity contribution in [3.05, 3.63) is 0 Å². The first-order valence-corrected chi connectivity index (χ1v) is 7.79. The van der Waals surface area contributed by atoms with Gasteiger partial charge in [-0.15, -0.1) is 0 Å². The SMILES string of the molecule is C[N+]1(C)OCC[C@H]1[C@H]1COC2(CCCCC2)O1.F[B-](F)(F)F. The molecule has 0 unspecified atom stereocenters. The Morgan fingerprint density at radius 3 is 2.14 bits per heavy atom. The predicted molar refractivity (Wildman–Crippen MR) is 73.3 cm³/mol. The summed E-state index contributed by atoms with van der Waals surface area (Å²) in [7, 11) is -1.76. The maximum absolute atomic E-state index is 9.75. The summed E-state index contributed by atoms with van der Waals surface area (Å²) in [5.41, 5.74) is 0. The third kappa shape index (κ3) is 4.81. The Kier molecular flexibility index (Phi) is 5.41. The molecule has 3 rings (SSSR count). The highest BCUT2D eigenvalue weighted by atomic mass is 19.5. The van der Waals surface area contributed by atoms with Crippen LogP contribution in [-0.4, -0.2) is 57.1 Å². The van der Waals surface area contributed by atoms with Gasteiger partial charge in [0.15, 0.2) is 5.79 Å². The highest BCUT2D eigenvalue weighted by Gasteiger charge is 2.51. The van der Waals surface area contributed by atoms with Crippen LogP contribution in [-0.2, 0) is 14.3 Å². The molecule has 9 heteroatoms. The fraction of sp³-hybridized carbons (Fsp3) is 1.00. The minimum atomic E-state index is -6.00. The molecular formula is C13H24BF4NO3. The van der Waals surface area contributed by atoms with Gasteiger partial charge in [0.2, 0.25) is 0 Å². The summed E-state index contributed by atoms with van der Waals surface area (Å²) < 4.78 is 51.9. The zero-order valence-corrected chi connectivity index (χ0v) is 13.1. The minimum Gasteiger partial charge on any atom is -0.418 e. The lowest BCUT2D eigenvalue weighted by atomic mass is 9.94. The van der Waals surface area contributed by atoms with Crippen LogP contribution in [0.2, 0.25) is 0 Å². The Hall–Kier alpha value is -0.375. The number of likely N-dealkylation sites (N-methyl/N-ethyl adjacent to an activating group) is 1. The van der Waals surface area contributed by atoms with Crippen LogP contribution < -0.4 is 0 Å². The fourth-order valence-electron chi connectivity index (χ4n) is 3.52. The maximum Gasteiger partial charge on any atom is 0.673 e. The van der Waals surface area contributed by atoms with Gasteiger partial charge in [-0.1, -0.05) is 6.42 Å². The summed E-state index contributed by atoms with van der Waals surface area (Å²) in [5, 5.41) is 0. The Morgan fingerprint density at radius 2 is 1.64 bits per heavy atom. The lowest BCUT2D eigenvalue weighted by molar-refractivity contribution is -1.08. The molecule has 2 atom stereocenters. The van der Waals surface area contributed by atoms with E-state index in [1.807, 2.05) is 0 Å². The lowest BCUT2D eigenvalue weighted by Crippen LogP contribution is -2.50. The number of rotatable bonds is 1. The quantitative estimate of drug-likeness (QED) is 0.420. The van der Waals surface area contributed by atoms with E-state index in [-0.39, 0.29) is 11.9 Å². The first-order chi connectivity index (χ1) is 10.1. The molecule has 0 amide bonds. The van der Waals surface area contributed by atoms with E-state index in [4.69, 9.17) is 14.3 Å². The monoisotopic (exact) mass is 329 g/mol. The number of halogens is 4. The van der Waals surface area contributed by atoms with E-state index in [1.165, 1.54) is 19.3 Å². The van der Waals surface area contributed by atoms with E-state index < -0.39 is 7.25 Å². The van der Waals surface area contributed by atoms with Crippen LogP contribution in [0.3, 0.4) is 0 Å². The second-order valence-electron chi connectivity index (χ2n) is 6.56. The molecule has 0 aromatic heterocycles. The molecule has 2 heterocycles. The molecule has 0 radical (unpaired) electrons. The highest BCUT2D eigenvalue weighted by molar-refractivity contribution is 6.50. The van der Waals surface area contributed by atoms with Crippen molar-refractivity contribution in [2.24, 2.45) is 0 Å². The molecular weight excluding hydrogens is 305 g/mol. The van der Waals surface area contributed by atoms with Gasteiger partial charge in [0.05, 0.1) is 20.7 Å². The minimum absolute atomic E-state index is 0.214. The summed E-state index contributed by atoms with van der Waals surface area (Å²) in [5.74, 6) is -0.245. The Labute approximate surface area is 128 Å². The number of ether oxygens (including phenoxy) is 2. The van der Waals surface area contributed by atoms with Crippen molar-refractivity contribution >= 4 is 7.25 Å². The molecule has 1 aliphatic carbocycles. The van der Waals surface area contributed by atoms with E-state index in [0.717, 1.165) is 32.5 Å². The van der Waals surface area contributed by atoms with E-state index in [0.29, 0.717) is 10.7 Å². The standard InChI is InChI=1S/C13H24NO3.BF4/c1-14(2)11(6-9-16-14)12-10-15-13(17-12)7-4-3-5-8-13;2-1(3,4)5/h11-12H,3-10H2,1-2H3;/q+1;-1/t11-,12+;/m0./s1. The highest BCUT2D eigenvalue weighted by Crippen LogP contribution is 2.40. The summed E-state index contributed by atoms with van der Waals surface area (Å²) in [4.78, 5) is 5.74. The number of quaternary nitrogens is 1. The van der Waals surface area contributed by atoms with Gasteiger partial charge in [-0.25, -0.2) is 4.84 Å². The van der Waals surface area contributed by atoms with Crippen molar-refractivity contribution in [1.29, 1.82) is 0 Å². The van der Waals surface area contributed by atoms with Gasteiger partial charge in [-0.3, -0.25) is 0 Å². The number of hydroxylamine groups is 3. The summed E-state index contributed by atoms with van der Waals surface area (Å²) in [6.07, 6.45) is 7.25. The second kappa shape index (κ2) is 6.63. The zero-order chi connectivity index (χ0) is 16.4. The molecule has 22 heavy (non-hydrogen) atoms. The first kappa shape index (κ1) is 18.0. The molecule has 1 spiro atoms. The summed E-state index contributed by atoms with van der Waals surface area (Å²) >= 11 is 0. The third-order valence-electron chi connectivity index (χ3n) is 4.56. The van der Waals surface area contributed by atoms with Gasteiger partial charge in [-0.2, -0.15) is 4.65 Å². The predicted octanol–water partition coefficient (Wildman–Crippen LogP) is 3.14. The van der Waals surface area contributed by atoms with Crippen LogP contribution in [0.4, 0.5) is 17.3 Å². The van der Waals surface area contributed by atoms with Crippen molar-refractivity contribution in [2.45, 2.75) is 56.5 Å². The van der Waals surface area contributed by atoms with Crippen LogP contribution in [0.25, 0.3) is 0 Å². The first-order valence-electron chi connectivity index (χ1n) is 7.79. The molecule has 2 aliphatic heterocycles. The molecule has 0 aromatic rings. The smallest absolute Gasteiger partial charge is 0.418 e. The molecule has 0 N–H and O–H groups in total. The van der Waals surface area contributed by atoms with Crippen molar-refractivity contribution in [3.8, 4) is 0 Å². The number of hydrogen-bond donors (Lipinski definition) is 0. The Morgan fingerprint density at radius 1 is 1.05 bits per heavy atom. The molecule has 1 saturated carbocycles. The van der Waals surface area contributed by atoms with E-state index in [1.54, 1.807) is 0 Å². The van der Waals surface area contributed by atoms with Crippen molar-refractivity contribution in [1.82, 2.24) is 0 Å². The van der Waals surface area contributed by atoms with Crippen LogP contribution in [0, 0.1) is 0 Å². The van der Waals surface area contributed by atoms with Gasteiger partial charge < -0.3 is 26.7 Å². The zero-order valence-electron chi connectivity index (χ0n) is 13.1. The molecule has 130 valence electrons. The maximum atomic E-state index is 9.75. The second-order valence-corrected chi connectivity index (χ2v) is 6.56. The van der Waals surface area contributed by atoms with E-state index in [9.17, 15) is 17.3 Å². The average Bonchev–Trinajstić information content (AvgIpc) is 2.92. The van der Waals surface area contributed by atoms with Gasteiger partial charge >= 0.3 is 7.25 Å². The molecule has 4 nitrogen and oxygen atoms in total. The Bertz CT molecular complexity index is 369. The van der Waals surface area contributed by atoms with Crippen molar-refractivity contribution < 1.29 is 36.2 Å². The lowest BCUT2D eigenvalue weighted by Gasteiger charge is -2.34. The van der Waals surface area contributed by atoms with Crippen molar-refractivity contribution in [2.75, 3.05) is 27.3 Å². The van der Waals surface area contributed by atoms with Gasteiger partial charge in [0, 0.05) is 19.3 Å². The molecule has 0 bridgehead atoms.